The molecule has 1 saturated heterocycles. The first-order chi connectivity index (χ1) is 8.56. The summed E-state index contributed by atoms with van der Waals surface area (Å²) in [5.74, 6) is -0.144. The van der Waals surface area contributed by atoms with Crippen LogP contribution in [0.2, 0.25) is 0 Å². The molecule has 106 valence electrons. The largest absolute Gasteiger partial charge is 0.465 e. The minimum absolute atomic E-state index is 0.144. The van der Waals surface area contributed by atoms with Crippen LogP contribution in [-0.4, -0.2) is 47.3 Å². The molecule has 3 unspecified atom stereocenters. The summed E-state index contributed by atoms with van der Waals surface area (Å²) >= 11 is 0. The van der Waals surface area contributed by atoms with Gasteiger partial charge in [0.1, 0.15) is 6.04 Å². The lowest BCUT2D eigenvalue weighted by Crippen LogP contribution is -2.47. The molecule has 0 aliphatic carbocycles. The van der Waals surface area contributed by atoms with Crippen molar-refractivity contribution in [2.45, 2.75) is 71.1 Å². The number of nitrogens with zero attached hydrogens (tertiary/aromatic N) is 1. The molecule has 4 heteroatoms. The Kier molecular flexibility index (Phi) is 6.65. The van der Waals surface area contributed by atoms with Crippen LogP contribution >= 0.6 is 0 Å². The maximum Gasteiger partial charge on any atom is 0.323 e. The second-order valence-electron chi connectivity index (χ2n) is 5.25. The van der Waals surface area contributed by atoms with E-state index in [1.807, 2.05) is 20.8 Å². The summed E-state index contributed by atoms with van der Waals surface area (Å²) in [5, 5.41) is 9.60. The van der Waals surface area contributed by atoms with E-state index >= 15 is 0 Å². The molecule has 1 heterocycles. The summed E-state index contributed by atoms with van der Waals surface area (Å²) in [6.07, 6.45) is 5.01. The van der Waals surface area contributed by atoms with Crippen LogP contribution in [0.25, 0.3) is 0 Å². The maximum atomic E-state index is 11.9. The molecule has 0 bridgehead atoms. The average molecular weight is 257 g/mol. The number of ether oxygens (including phenoxy) is 1. The highest BCUT2D eigenvalue weighted by atomic mass is 16.5. The molecule has 1 N–H and O–H groups in total. The lowest BCUT2D eigenvalue weighted by Gasteiger charge is -2.34. The van der Waals surface area contributed by atoms with E-state index in [0.717, 1.165) is 25.8 Å². The van der Waals surface area contributed by atoms with Gasteiger partial charge in [-0.15, -0.1) is 0 Å². The fourth-order valence-electron chi connectivity index (χ4n) is 2.75. The summed E-state index contributed by atoms with van der Waals surface area (Å²) in [6.45, 7) is 6.92. The Bertz CT molecular complexity index is 255. The number of rotatable bonds is 5. The zero-order chi connectivity index (χ0) is 13.5. The number of hydrogen-bond acceptors (Lipinski definition) is 4. The van der Waals surface area contributed by atoms with E-state index in [0.29, 0.717) is 12.6 Å². The first-order valence-corrected chi connectivity index (χ1v) is 7.16. The van der Waals surface area contributed by atoms with Crippen molar-refractivity contribution in [2.75, 3.05) is 13.2 Å². The third-order valence-corrected chi connectivity index (χ3v) is 3.66. The highest BCUT2D eigenvalue weighted by molar-refractivity contribution is 5.75. The molecule has 1 aliphatic heterocycles. The van der Waals surface area contributed by atoms with Gasteiger partial charge in [-0.2, -0.15) is 0 Å². The van der Waals surface area contributed by atoms with Crippen LogP contribution in [-0.2, 0) is 9.53 Å². The zero-order valence-electron chi connectivity index (χ0n) is 11.9. The van der Waals surface area contributed by atoms with E-state index in [9.17, 15) is 9.90 Å². The molecule has 1 rings (SSSR count). The van der Waals surface area contributed by atoms with Gasteiger partial charge in [-0.05, 0) is 46.6 Å². The summed E-state index contributed by atoms with van der Waals surface area (Å²) in [5.41, 5.74) is 0. The van der Waals surface area contributed by atoms with Crippen LogP contribution in [0.5, 0.6) is 0 Å². The zero-order valence-corrected chi connectivity index (χ0v) is 11.9. The van der Waals surface area contributed by atoms with Crippen molar-refractivity contribution in [2.24, 2.45) is 0 Å². The van der Waals surface area contributed by atoms with Crippen LogP contribution < -0.4 is 0 Å². The van der Waals surface area contributed by atoms with Gasteiger partial charge >= 0.3 is 5.97 Å². The Balaban J connectivity index is 2.68. The Labute approximate surface area is 110 Å². The molecule has 0 aromatic carbocycles. The van der Waals surface area contributed by atoms with Crippen LogP contribution in [0.4, 0.5) is 0 Å². The molecule has 18 heavy (non-hydrogen) atoms. The highest BCUT2D eigenvalue weighted by Gasteiger charge is 2.30. The minimum Gasteiger partial charge on any atom is -0.465 e. The Morgan fingerprint density at radius 2 is 2.11 bits per heavy atom. The van der Waals surface area contributed by atoms with Crippen molar-refractivity contribution in [3.05, 3.63) is 0 Å². The monoisotopic (exact) mass is 257 g/mol. The summed E-state index contributed by atoms with van der Waals surface area (Å²) in [7, 11) is 0. The van der Waals surface area contributed by atoms with E-state index in [-0.39, 0.29) is 18.1 Å². The smallest absolute Gasteiger partial charge is 0.323 e. The van der Waals surface area contributed by atoms with Crippen LogP contribution in [0.1, 0.15) is 52.9 Å². The fourth-order valence-corrected chi connectivity index (χ4v) is 2.75. The molecular weight excluding hydrogens is 230 g/mol. The van der Waals surface area contributed by atoms with Gasteiger partial charge in [-0.3, -0.25) is 9.69 Å². The lowest BCUT2D eigenvalue weighted by atomic mass is 10.0. The predicted octanol–water partition coefficient (Wildman–Crippen LogP) is 1.95. The summed E-state index contributed by atoms with van der Waals surface area (Å²) < 4.78 is 5.11. The van der Waals surface area contributed by atoms with Crippen molar-refractivity contribution >= 4 is 5.97 Å². The van der Waals surface area contributed by atoms with Crippen molar-refractivity contribution in [3.63, 3.8) is 0 Å². The second-order valence-corrected chi connectivity index (χ2v) is 5.25. The fraction of sp³-hybridized carbons (Fsp3) is 0.929. The SMILES string of the molecule is CCOC(=O)C(C)N1CCCCCC1CC(C)O. The van der Waals surface area contributed by atoms with Crippen LogP contribution in [0, 0.1) is 0 Å². The summed E-state index contributed by atoms with van der Waals surface area (Å²) in [6, 6.07) is 0.0960. The number of esters is 1. The van der Waals surface area contributed by atoms with Gasteiger partial charge in [0, 0.05) is 6.04 Å². The molecule has 0 saturated carbocycles. The number of hydrogen-bond donors (Lipinski definition) is 1. The van der Waals surface area contributed by atoms with E-state index < -0.39 is 0 Å². The van der Waals surface area contributed by atoms with Crippen LogP contribution in [0.15, 0.2) is 0 Å². The van der Waals surface area contributed by atoms with E-state index in [2.05, 4.69) is 4.90 Å². The summed E-state index contributed by atoms with van der Waals surface area (Å²) in [4.78, 5) is 14.1. The molecule has 1 aliphatic rings. The molecule has 0 amide bonds. The number of carbonyl (C=O) groups excluding carboxylic acids is 1. The maximum absolute atomic E-state index is 11.9. The molecule has 0 aromatic heterocycles. The molecule has 0 aromatic rings. The lowest BCUT2D eigenvalue weighted by molar-refractivity contribution is -0.150. The van der Waals surface area contributed by atoms with Gasteiger partial charge in [0.05, 0.1) is 12.7 Å². The Morgan fingerprint density at radius 3 is 2.72 bits per heavy atom. The van der Waals surface area contributed by atoms with Crippen molar-refractivity contribution in [1.29, 1.82) is 0 Å². The van der Waals surface area contributed by atoms with Gasteiger partial charge < -0.3 is 9.84 Å². The molecular formula is C14H27NO3. The van der Waals surface area contributed by atoms with Gasteiger partial charge in [-0.25, -0.2) is 0 Å². The van der Waals surface area contributed by atoms with Crippen molar-refractivity contribution in [1.82, 2.24) is 4.90 Å². The number of aliphatic hydroxyl groups is 1. The van der Waals surface area contributed by atoms with Gasteiger partial charge in [0.15, 0.2) is 0 Å². The third-order valence-electron chi connectivity index (χ3n) is 3.66. The highest BCUT2D eigenvalue weighted by Crippen LogP contribution is 2.23. The topological polar surface area (TPSA) is 49.8 Å². The first kappa shape index (κ1) is 15.4. The Hall–Kier alpha value is -0.610. The van der Waals surface area contributed by atoms with Crippen molar-refractivity contribution < 1.29 is 14.6 Å². The minimum atomic E-state index is -0.315. The Morgan fingerprint density at radius 1 is 1.39 bits per heavy atom. The van der Waals surface area contributed by atoms with Crippen LogP contribution in [0.3, 0.4) is 0 Å². The average Bonchev–Trinajstić information content (AvgIpc) is 2.53. The normalized spacial score (nSPS) is 25.2. The molecule has 0 spiro atoms. The standard InChI is InChI=1S/C14H27NO3/c1-4-18-14(17)12(3)15-9-7-5-6-8-13(15)10-11(2)16/h11-13,16H,4-10H2,1-3H3. The van der Waals surface area contributed by atoms with Crippen molar-refractivity contribution in [3.8, 4) is 0 Å². The van der Waals surface area contributed by atoms with Gasteiger partial charge in [0.2, 0.25) is 0 Å². The van der Waals surface area contributed by atoms with E-state index in [4.69, 9.17) is 4.74 Å². The molecule has 4 nitrogen and oxygen atoms in total. The number of aliphatic hydroxyl groups excluding tert-OH is 1. The third kappa shape index (κ3) is 4.58. The number of carbonyl (C=O) groups is 1. The molecule has 3 atom stereocenters. The molecule has 1 fully saturated rings. The van der Waals surface area contributed by atoms with E-state index in [1.54, 1.807) is 0 Å². The van der Waals surface area contributed by atoms with Gasteiger partial charge in [0.25, 0.3) is 0 Å². The number of likely N-dealkylation sites (tertiary alicyclic amines) is 1. The second kappa shape index (κ2) is 7.74. The predicted molar refractivity (Wildman–Crippen MR) is 71.4 cm³/mol. The quantitative estimate of drug-likeness (QED) is 0.765. The molecule has 0 radical (unpaired) electrons. The van der Waals surface area contributed by atoms with E-state index in [1.165, 1.54) is 12.8 Å². The van der Waals surface area contributed by atoms with Gasteiger partial charge in [-0.1, -0.05) is 12.8 Å². The first-order valence-electron chi connectivity index (χ1n) is 7.16.